The van der Waals surface area contributed by atoms with Gasteiger partial charge in [0, 0.05) is 40.1 Å². The quantitative estimate of drug-likeness (QED) is 0.222. The average Bonchev–Trinajstić information content (AvgIpc) is 2.92. The van der Waals surface area contributed by atoms with E-state index in [9.17, 15) is 24.6 Å². The number of benzene rings is 2. The molecule has 6 N–H and O–H groups in total. The van der Waals surface area contributed by atoms with Crippen molar-refractivity contribution in [2.24, 2.45) is 16.6 Å². The summed E-state index contributed by atoms with van der Waals surface area (Å²) in [5, 5.41) is 29.1. The van der Waals surface area contributed by atoms with Gasteiger partial charge in [0.2, 0.25) is 0 Å². The maximum absolute atomic E-state index is 13.8. The number of nitrogens with one attached hydrogen (secondary N) is 2. The molecule has 0 saturated heterocycles. The number of carbonyl (C=O) groups is 2. The molecule has 42 heavy (non-hydrogen) atoms. The van der Waals surface area contributed by atoms with Crippen molar-refractivity contribution in [1.29, 1.82) is 0 Å². The Hall–Kier alpha value is -5.21. The summed E-state index contributed by atoms with van der Waals surface area (Å²) in [5.74, 6) is 2.41. The number of aromatic amines is 1. The van der Waals surface area contributed by atoms with Crippen molar-refractivity contribution in [2.75, 3.05) is 11.9 Å². The third-order valence-corrected chi connectivity index (χ3v) is 6.40. The lowest BCUT2D eigenvalue weighted by atomic mass is 9.76. The first kappa shape index (κ1) is 29.8. The van der Waals surface area contributed by atoms with E-state index in [0.29, 0.717) is 28.1 Å². The Balaban J connectivity index is 1.72. The summed E-state index contributed by atoms with van der Waals surface area (Å²) in [6, 6.07) is 14.5. The number of aliphatic imine (C=N–C) groups is 1. The number of amidine groups is 1. The highest BCUT2D eigenvalue weighted by Gasteiger charge is 2.42. The summed E-state index contributed by atoms with van der Waals surface area (Å²) in [4.78, 5) is 42.7. The van der Waals surface area contributed by atoms with Crippen LogP contribution in [0.3, 0.4) is 0 Å². The normalized spacial score (nSPS) is 16.6. The van der Waals surface area contributed by atoms with Crippen LogP contribution < -0.4 is 16.6 Å². The molecule has 2 heterocycles. The summed E-state index contributed by atoms with van der Waals surface area (Å²) in [6.45, 7) is 6.57. The number of hydrogen-bond donors (Lipinski definition) is 5. The number of H-pyrrole nitrogens is 1. The van der Waals surface area contributed by atoms with Crippen LogP contribution in [-0.4, -0.2) is 50.3 Å². The maximum Gasteiger partial charge on any atom is 0.317 e. The Morgan fingerprint density at radius 1 is 1.17 bits per heavy atom. The number of hydrogen-bond acceptors (Lipinski definition) is 9. The van der Waals surface area contributed by atoms with Gasteiger partial charge in [0.05, 0.1) is 6.61 Å². The fraction of sp³-hybridized carbons (Fsp3) is 0.258. The van der Waals surface area contributed by atoms with Gasteiger partial charge in [-0.05, 0) is 57.5 Å². The lowest BCUT2D eigenvalue weighted by Crippen LogP contribution is -2.42. The Labute approximate surface area is 242 Å². The molecule has 1 aliphatic rings. The second-order valence-electron chi connectivity index (χ2n) is 10.2. The number of aromatic nitrogens is 2. The maximum atomic E-state index is 13.8. The van der Waals surface area contributed by atoms with Gasteiger partial charge >= 0.3 is 5.97 Å². The number of nitrogens with two attached hydrogens (primary N) is 1. The Morgan fingerprint density at radius 2 is 1.88 bits per heavy atom. The molecule has 1 amide bonds. The molecule has 0 radical (unpaired) electrons. The molecule has 11 heteroatoms. The van der Waals surface area contributed by atoms with E-state index in [-0.39, 0.29) is 29.5 Å². The molecule has 2 aromatic carbocycles. The van der Waals surface area contributed by atoms with Crippen molar-refractivity contribution < 1.29 is 24.5 Å². The average molecular weight is 570 g/mol. The number of rotatable bonds is 6. The first-order valence-electron chi connectivity index (χ1n) is 13.2. The molecule has 216 valence electrons. The summed E-state index contributed by atoms with van der Waals surface area (Å²) in [7, 11) is 0. The van der Waals surface area contributed by atoms with Crippen molar-refractivity contribution in [2.45, 2.75) is 39.2 Å². The second kappa shape index (κ2) is 12.1. The van der Waals surface area contributed by atoms with Crippen LogP contribution in [0.1, 0.15) is 44.7 Å². The van der Waals surface area contributed by atoms with Crippen LogP contribution in [0, 0.1) is 17.8 Å². The van der Waals surface area contributed by atoms with Gasteiger partial charge in [0.1, 0.15) is 28.8 Å². The second-order valence-corrected chi connectivity index (χ2v) is 10.2. The lowest BCUT2D eigenvalue weighted by Gasteiger charge is -2.31. The molecular formula is C31H31N5O6. The predicted molar refractivity (Wildman–Crippen MR) is 157 cm³/mol. The van der Waals surface area contributed by atoms with Gasteiger partial charge in [-0.25, -0.2) is 10.1 Å². The summed E-state index contributed by atoms with van der Waals surface area (Å²) in [5.41, 5.74) is 7.34. The fourth-order valence-electron chi connectivity index (χ4n) is 4.59. The summed E-state index contributed by atoms with van der Waals surface area (Å²) >= 11 is 0. The van der Waals surface area contributed by atoms with Crippen LogP contribution >= 0.6 is 0 Å². The first-order chi connectivity index (χ1) is 19.9. The van der Waals surface area contributed by atoms with Crippen LogP contribution in [0.15, 0.2) is 75.7 Å². The Morgan fingerprint density at radius 3 is 2.52 bits per heavy atom. The number of nitrogens with zero attached hydrogens (tertiary/aromatic N) is 2. The zero-order chi connectivity index (χ0) is 30.6. The molecule has 1 aliphatic heterocycles. The predicted octanol–water partition coefficient (Wildman–Crippen LogP) is 2.81. The molecule has 0 bridgehead atoms. The molecule has 3 aromatic rings. The van der Waals surface area contributed by atoms with E-state index < -0.39 is 34.9 Å². The van der Waals surface area contributed by atoms with E-state index in [0.717, 1.165) is 6.07 Å². The molecule has 1 aromatic heterocycles. The molecule has 2 atom stereocenters. The van der Waals surface area contributed by atoms with Crippen molar-refractivity contribution in [3.8, 4) is 28.8 Å². The minimum atomic E-state index is -1.21. The van der Waals surface area contributed by atoms with Crippen molar-refractivity contribution in [3.63, 3.8) is 0 Å². The van der Waals surface area contributed by atoms with Gasteiger partial charge in [0.25, 0.3) is 11.5 Å². The van der Waals surface area contributed by atoms with Gasteiger partial charge in [-0.2, -0.15) is 5.10 Å². The van der Waals surface area contributed by atoms with E-state index in [1.54, 1.807) is 76.2 Å². The van der Waals surface area contributed by atoms with E-state index in [1.807, 2.05) is 0 Å². The summed E-state index contributed by atoms with van der Waals surface area (Å²) < 4.78 is 5.32. The number of anilines is 1. The molecule has 11 nitrogen and oxygen atoms in total. The molecule has 0 aliphatic carbocycles. The third kappa shape index (κ3) is 6.74. The minimum absolute atomic E-state index is 0.0260. The van der Waals surface area contributed by atoms with Gasteiger partial charge < -0.3 is 26.0 Å². The van der Waals surface area contributed by atoms with Crippen molar-refractivity contribution in [1.82, 2.24) is 10.2 Å². The Kier molecular flexibility index (Phi) is 8.59. The van der Waals surface area contributed by atoms with E-state index in [2.05, 4.69) is 32.3 Å². The van der Waals surface area contributed by atoms with E-state index >= 15 is 0 Å². The van der Waals surface area contributed by atoms with Crippen LogP contribution in [0.4, 0.5) is 5.69 Å². The van der Waals surface area contributed by atoms with E-state index in [4.69, 9.17) is 10.5 Å². The lowest BCUT2D eigenvalue weighted by molar-refractivity contribution is -0.146. The number of esters is 1. The standard InChI is InChI=1S/C31H31N5O6/c1-5-42-30(40)26-25(20-8-6-7-18(15-20)13-14-31(3,4)41)24(17(2)33-28(26)32)29(39)34-21-11-9-19(10-12-21)27-22(37)16-23(38)35-36-27/h6-12,15-16,25-26,41H,5H2,1-4H3,(H2,32,33)(H,34,39)(H2,35,37,38). The van der Waals surface area contributed by atoms with Crippen LogP contribution in [0.25, 0.3) is 11.3 Å². The van der Waals surface area contributed by atoms with Gasteiger partial charge in [0.15, 0.2) is 0 Å². The van der Waals surface area contributed by atoms with Gasteiger partial charge in [-0.3, -0.25) is 14.4 Å². The highest BCUT2D eigenvalue weighted by atomic mass is 16.5. The number of aliphatic hydroxyl groups is 1. The van der Waals surface area contributed by atoms with Crippen LogP contribution in [0.5, 0.6) is 5.75 Å². The van der Waals surface area contributed by atoms with Crippen molar-refractivity contribution in [3.05, 3.63) is 87.3 Å². The topological polar surface area (TPSA) is 180 Å². The number of carbonyl (C=O) groups excluding carboxylic acids is 2. The van der Waals surface area contributed by atoms with Crippen LogP contribution in [-0.2, 0) is 14.3 Å². The highest BCUT2D eigenvalue weighted by molar-refractivity contribution is 6.11. The molecule has 4 rings (SSSR count). The van der Waals surface area contributed by atoms with Gasteiger partial charge in [-0.15, -0.1) is 0 Å². The molecule has 0 saturated carbocycles. The van der Waals surface area contributed by atoms with Gasteiger partial charge in [-0.1, -0.05) is 36.1 Å². The van der Waals surface area contributed by atoms with Crippen molar-refractivity contribution >= 4 is 23.4 Å². The number of amides is 1. The summed E-state index contributed by atoms with van der Waals surface area (Å²) in [6.07, 6.45) is 0. The number of ether oxygens (including phenoxy) is 1. The number of aromatic hydroxyl groups is 1. The largest absolute Gasteiger partial charge is 0.505 e. The van der Waals surface area contributed by atoms with E-state index in [1.165, 1.54) is 0 Å². The highest BCUT2D eigenvalue weighted by Crippen LogP contribution is 2.39. The SMILES string of the molecule is CCOC(=O)C1C(N)=NC(C)=C(C(=O)Nc2ccc(-c3n[nH]c(=O)cc3O)cc2)C1c1cccc(C#CC(C)(C)O)c1. The number of allylic oxidation sites excluding steroid dienone is 1. The molecular weight excluding hydrogens is 538 g/mol. The molecule has 2 unspecified atom stereocenters. The molecule has 0 spiro atoms. The monoisotopic (exact) mass is 569 g/mol. The third-order valence-electron chi connectivity index (χ3n) is 6.40. The first-order valence-corrected chi connectivity index (χ1v) is 13.2. The smallest absolute Gasteiger partial charge is 0.317 e. The Bertz CT molecular complexity index is 1700. The molecule has 0 fully saturated rings. The fourth-order valence-corrected chi connectivity index (χ4v) is 4.59. The minimum Gasteiger partial charge on any atom is -0.505 e. The van der Waals surface area contributed by atoms with Crippen LogP contribution in [0.2, 0.25) is 0 Å². The zero-order valence-electron chi connectivity index (χ0n) is 23.6. The zero-order valence-corrected chi connectivity index (χ0v) is 23.6.